The maximum atomic E-state index is 6.20. The van der Waals surface area contributed by atoms with Crippen LogP contribution in [-0.4, -0.2) is 9.97 Å². The molecule has 4 aromatic carbocycles. The Morgan fingerprint density at radius 2 is 0.742 bits per heavy atom. The quantitative estimate of drug-likeness (QED) is 0.0796. The molecule has 0 fully saturated rings. The molecule has 6 heteroatoms. The van der Waals surface area contributed by atoms with E-state index in [0.717, 1.165) is 109 Å². The molecule has 2 aliphatic rings. The zero-order valence-corrected chi connectivity index (χ0v) is 38.4. The summed E-state index contributed by atoms with van der Waals surface area (Å²) in [6.07, 6.45) is 16.8. The molecular formula is C56H47N5Zn. The summed E-state index contributed by atoms with van der Waals surface area (Å²) >= 11 is 0. The van der Waals surface area contributed by atoms with Gasteiger partial charge in [0.15, 0.2) is 0 Å². The number of hydrogen-bond donors (Lipinski definition) is 1. The van der Waals surface area contributed by atoms with Crippen LogP contribution in [0, 0.1) is 13.8 Å². The van der Waals surface area contributed by atoms with Crippen LogP contribution in [0.15, 0.2) is 159 Å². The van der Waals surface area contributed by atoms with Crippen LogP contribution in [0.5, 0.6) is 0 Å². The van der Waals surface area contributed by atoms with Crippen molar-refractivity contribution in [3.8, 4) is 44.5 Å². The molecule has 5 nitrogen and oxygen atoms in total. The van der Waals surface area contributed by atoms with Gasteiger partial charge in [-0.1, -0.05) is 139 Å². The van der Waals surface area contributed by atoms with Gasteiger partial charge in [0.2, 0.25) is 0 Å². The van der Waals surface area contributed by atoms with E-state index in [1.54, 1.807) is 0 Å². The molecule has 2 aliphatic heterocycles. The van der Waals surface area contributed by atoms with Gasteiger partial charge >= 0.3 is 19.5 Å². The van der Waals surface area contributed by atoms with E-state index in [-0.39, 0.29) is 24.9 Å². The number of nitrogen functional groups attached to an aromatic ring is 1. The summed E-state index contributed by atoms with van der Waals surface area (Å²) in [5.41, 5.74) is 24.7. The van der Waals surface area contributed by atoms with Gasteiger partial charge in [0, 0.05) is 11.1 Å². The Hall–Kier alpha value is -6.88. The third-order valence-corrected chi connectivity index (χ3v) is 11.9. The van der Waals surface area contributed by atoms with E-state index in [2.05, 4.69) is 155 Å². The fraction of sp³-hybridized carbons (Fsp3) is 0.107. The van der Waals surface area contributed by atoms with Crippen molar-refractivity contribution < 1.29 is 19.5 Å². The Labute approximate surface area is 377 Å². The van der Waals surface area contributed by atoms with Crippen molar-refractivity contribution >= 4 is 52.1 Å². The second-order valence-corrected chi connectivity index (χ2v) is 16.1. The van der Waals surface area contributed by atoms with Crippen LogP contribution >= 0.6 is 0 Å². The SMILES string of the molecule is C=CCC(CC=C)(CC=C)c1ccc(-c2c3nc(c(-c4ccc(C)cc4)c4ccc([n-]4)c(-c4ccc(N)cc4)c4nc(c(-c5ccc(C)cc5)c5ccc2[n-]5)C=C4)C=C3)cc1.[Zn+2]. The third-order valence-electron chi connectivity index (χ3n) is 11.9. The molecule has 0 amide bonds. The second kappa shape index (κ2) is 17.6. The molecule has 8 bridgehead atoms. The van der Waals surface area contributed by atoms with Crippen LogP contribution in [-0.2, 0) is 24.9 Å². The third kappa shape index (κ3) is 7.90. The van der Waals surface area contributed by atoms with Crippen molar-refractivity contribution in [1.29, 1.82) is 0 Å². The van der Waals surface area contributed by atoms with Crippen LogP contribution < -0.4 is 15.7 Å². The Bertz CT molecular complexity index is 2980. The first-order valence-corrected chi connectivity index (χ1v) is 20.8. The maximum Gasteiger partial charge on any atom is 2.00 e. The van der Waals surface area contributed by atoms with Crippen molar-refractivity contribution in [3.05, 3.63) is 199 Å². The molecule has 0 radical (unpaired) electrons. The van der Waals surface area contributed by atoms with Crippen molar-refractivity contribution in [2.45, 2.75) is 38.5 Å². The molecule has 298 valence electrons. The minimum absolute atomic E-state index is 0. The van der Waals surface area contributed by atoms with Gasteiger partial charge in [0.25, 0.3) is 0 Å². The standard InChI is InChI=1S/C56H47N5.Zn/c1-6-33-56(34-7-2,35-8-3)42-21-17-40(18-22-42)54-48-29-25-44(58-48)52(38-13-9-36(4)10-14-38)46-27-31-50(60-46)55(41-19-23-43(57)24-20-41)51-32-28-47(61-51)53(45-26-30-49(54)59-45)39-15-11-37(5)12-16-39;/h6-32H,1-3,33-35,57H2,4-5H3;/q-2;+2. The molecule has 2 N–H and O–H groups in total. The average Bonchev–Trinajstić information content (AvgIpc) is 4.12. The molecule has 0 spiro atoms. The van der Waals surface area contributed by atoms with Gasteiger partial charge in [0.05, 0.1) is 22.8 Å². The Balaban J connectivity index is 0.00000529. The number of rotatable bonds is 11. The Morgan fingerprint density at radius 3 is 1.05 bits per heavy atom. The summed E-state index contributed by atoms with van der Waals surface area (Å²) in [5, 5.41) is 0. The van der Waals surface area contributed by atoms with Crippen LogP contribution in [0.25, 0.3) is 90.9 Å². The summed E-state index contributed by atoms with van der Waals surface area (Å²) < 4.78 is 0. The summed E-state index contributed by atoms with van der Waals surface area (Å²) in [7, 11) is 0. The smallest absolute Gasteiger partial charge is 0.657 e. The molecule has 3 aromatic heterocycles. The zero-order chi connectivity index (χ0) is 42.1. The average molecular weight is 855 g/mol. The van der Waals surface area contributed by atoms with E-state index in [1.165, 1.54) is 16.7 Å². The molecule has 0 aliphatic carbocycles. The number of allylic oxidation sites excluding steroid dienone is 3. The minimum Gasteiger partial charge on any atom is -0.657 e. The van der Waals surface area contributed by atoms with Crippen molar-refractivity contribution in [1.82, 2.24) is 19.9 Å². The summed E-state index contributed by atoms with van der Waals surface area (Å²) in [6, 6.07) is 42.4. The largest absolute Gasteiger partial charge is 2.00 e. The van der Waals surface area contributed by atoms with E-state index in [1.807, 2.05) is 42.5 Å². The maximum absolute atomic E-state index is 6.20. The van der Waals surface area contributed by atoms with Crippen molar-refractivity contribution in [3.63, 3.8) is 0 Å². The molecule has 0 saturated carbocycles. The number of aromatic nitrogens is 4. The van der Waals surface area contributed by atoms with Crippen molar-refractivity contribution in [2.75, 3.05) is 5.73 Å². The van der Waals surface area contributed by atoms with Gasteiger partial charge in [-0.25, -0.2) is 9.97 Å². The number of fused-ring (bicyclic) bond motifs is 8. The number of nitrogens with zero attached hydrogens (tertiary/aromatic N) is 4. The summed E-state index contributed by atoms with van der Waals surface area (Å²) in [4.78, 5) is 21.7. The van der Waals surface area contributed by atoms with E-state index in [0.29, 0.717) is 5.69 Å². The number of aryl methyl sites for hydroxylation is 2. The first-order chi connectivity index (χ1) is 29.8. The molecule has 7 aromatic rings. The molecule has 62 heavy (non-hydrogen) atoms. The monoisotopic (exact) mass is 853 g/mol. The van der Waals surface area contributed by atoms with Gasteiger partial charge in [-0.05, 0) is 120 Å². The van der Waals surface area contributed by atoms with Gasteiger partial charge in [-0.15, -0.1) is 41.8 Å². The molecule has 9 rings (SSSR count). The van der Waals surface area contributed by atoms with E-state index in [9.17, 15) is 0 Å². The fourth-order valence-electron chi connectivity index (χ4n) is 8.78. The van der Waals surface area contributed by atoms with Gasteiger partial charge in [0.1, 0.15) is 0 Å². The van der Waals surface area contributed by atoms with Gasteiger partial charge < -0.3 is 15.7 Å². The first kappa shape index (κ1) is 41.8. The minimum atomic E-state index is -0.176. The number of anilines is 1. The predicted octanol–water partition coefficient (Wildman–Crippen LogP) is 13.7. The topological polar surface area (TPSA) is 80.0 Å². The fourth-order valence-corrected chi connectivity index (χ4v) is 8.78. The van der Waals surface area contributed by atoms with Crippen LogP contribution in [0.3, 0.4) is 0 Å². The molecule has 0 atom stereocenters. The van der Waals surface area contributed by atoms with Crippen LogP contribution in [0.2, 0.25) is 0 Å². The Morgan fingerprint density at radius 1 is 0.452 bits per heavy atom. The van der Waals surface area contributed by atoms with Crippen LogP contribution in [0.1, 0.15) is 58.7 Å². The van der Waals surface area contributed by atoms with Crippen molar-refractivity contribution in [2.24, 2.45) is 0 Å². The van der Waals surface area contributed by atoms with Gasteiger partial charge in [-0.2, -0.15) is 0 Å². The second-order valence-electron chi connectivity index (χ2n) is 16.1. The normalized spacial score (nSPS) is 11.9. The predicted molar refractivity (Wildman–Crippen MR) is 259 cm³/mol. The van der Waals surface area contributed by atoms with E-state index < -0.39 is 0 Å². The van der Waals surface area contributed by atoms with E-state index >= 15 is 0 Å². The number of hydrogen-bond acceptors (Lipinski definition) is 3. The van der Waals surface area contributed by atoms with Crippen LogP contribution in [0.4, 0.5) is 5.69 Å². The number of nitrogens with two attached hydrogens (primary N) is 1. The molecular weight excluding hydrogens is 808 g/mol. The molecule has 0 saturated heterocycles. The van der Waals surface area contributed by atoms with E-state index in [4.69, 9.17) is 25.7 Å². The first-order valence-electron chi connectivity index (χ1n) is 20.8. The summed E-state index contributed by atoms with van der Waals surface area (Å²) in [6.45, 7) is 16.5. The molecule has 5 heterocycles. The van der Waals surface area contributed by atoms with Gasteiger partial charge in [-0.3, -0.25) is 0 Å². The Kier molecular flexibility index (Phi) is 11.9. The number of benzene rings is 4. The molecule has 0 unspecified atom stereocenters. The summed E-state index contributed by atoms with van der Waals surface area (Å²) in [5.74, 6) is 0. The zero-order valence-electron chi connectivity index (χ0n) is 35.4.